The van der Waals surface area contributed by atoms with E-state index in [-0.39, 0.29) is 17.4 Å². The summed E-state index contributed by atoms with van der Waals surface area (Å²) in [6.07, 6.45) is 2.86. The molecule has 1 amide bonds. The van der Waals surface area contributed by atoms with Crippen LogP contribution < -0.4 is 10.5 Å². The van der Waals surface area contributed by atoms with Gasteiger partial charge < -0.3 is 14.4 Å². The van der Waals surface area contributed by atoms with Crippen LogP contribution in [0.25, 0.3) is 11.1 Å². The quantitative estimate of drug-likeness (QED) is 0.829. The molecule has 1 fully saturated rings. The van der Waals surface area contributed by atoms with Crippen LogP contribution in [0.3, 0.4) is 0 Å². The van der Waals surface area contributed by atoms with Crippen molar-refractivity contribution in [1.29, 1.82) is 0 Å². The van der Waals surface area contributed by atoms with E-state index in [1.807, 2.05) is 46.8 Å². The molecule has 6 nitrogen and oxygen atoms in total. The molecule has 136 valence electrons. The number of carbonyl (C=O) groups is 1. The first-order valence-electron chi connectivity index (χ1n) is 9.06. The van der Waals surface area contributed by atoms with Gasteiger partial charge in [-0.3, -0.25) is 9.59 Å². The van der Waals surface area contributed by atoms with Crippen LogP contribution in [0.4, 0.5) is 5.82 Å². The number of hydrogen-bond donors (Lipinski definition) is 0. The van der Waals surface area contributed by atoms with Gasteiger partial charge in [0, 0.05) is 70.1 Å². The third kappa shape index (κ3) is 2.89. The van der Waals surface area contributed by atoms with Gasteiger partial charge in [-0.25, -0.2) is 4.98 Å². The van der Waals surface area contributed by atoms with E-state index in [1.165, 1.54) is 0 Å². The Morgan fingerprint density at radius 1 is 1.15 bits per heavy atom. The normalized spacial score (nSPS) is 21.3. The Hall–Kier alpha value is -2.63. The first kappa shape index (κ1) is 16.8. The number of anilines is 1. The number of amides is 1. The Morgan fingerprint density at radius 2 is 1.96 bits per heavy atom. The van der Waals surface area contributed by atoms with Gasteiger partial charge in [0.2, 0.25) is 5.91 Å². The lowest BCUT2D eigenvalue weighted by Gasteiger charge is -2.42. The Kier molecular flexibility index (Phi) is 4.05. The SMILES string of the molecule is CC(=O)N1C[C@@H]2C[C@H](C1)c1cc(-c3ccc(N(C)C)nc3)cc(=O)n1C2. The van der Waals surface area contributed by atoms with Crippen LogP contribution in [0.1, 0.15) is 25.0 Å². The molecule has 0 N–H and O–H groups in total. The summed E-state index contributed by atoms with van der Waals surface area (Å²) in [4.78, 5) is 32.9. The van der Waals surface area contributed by atoms with Crippen LogP contribution in [-0.4, -0.2) is 47.5 Å². The molecule has 1 saturated heterocycles. The Balaban J connectivity index is 1.73. The summed E-state index contributed by atoms with van der Waals surface area (Å²) < 4.78 is 1.90. The second-order valence-electron chi connectivity index (χ2n) is 7.64. The van der Waals surface area contributed by atoms with Crippen molar-refractivity contribution >= 4 is 11.7 Å². The smallest absolute Gasteiger partial charge is 0.251 e. The lowest BCUT2D eigenvalue weighted by molar-refractivity contribution is -0.131. The molecule has 0 unspecified atom stereocenters. The van der Waals surface area contributed by atoms with Crippen LogP contribution in [0.2, 0.25) is 0 Å². The van der Waals surface area contributed by atoms with Crippen LogP contribution in [0.5, 0.6) is 0 Å². The molecular weight excluding hydrogens is 328 g/mol. The molecule has 2 bridgehead atoms. The summed E-state index contributed by atoms with van der Waals surface area (Å²) in [6, 6.07) is 7.78. The number of aromatic nitrogens is 2. The minimum atomic E-state index is 0.0418. The summed E-state index contributed by atoms with van der Waals surface area (Å²) >= 11 is 0. The molecule has 4 rings (SSSR count). The maximum atomic E-state index is 12.7. The molecule has 2 aliphatic rings. The minimum absolute atomic E-state index is 0.0418. The number of rotatable bonds is 2. The Morgan fingerprint density at radius 3 is 2.62 bits per heavy atom. The monoisotopic (exact) mass is 352 g/mol. The second-order valence-corrected chi connectivity index (χ2v) is 7.64. The van der Waals surface area contributed by atoms with Crippen LogP contribution in [0.15, 0.2) is 35.3 Å². The highest BCUT2D eigenvalue weighted by atomic mass is 16.2. The summed E-state index contributed by atoms with van der Waals surface area (Å²) in [7, 11) is 3.90. The second kappa shape index (κ2) is 6.27. The summed E-state index contributed by atoms with van der Waals surface area (Å²) in [5.74, 6) is 1.61. The number of hydrogen-bond acceptors (Lipinski definition) is 4. The minimum Gasteiger partial charge on any atom is -0.363 e. The lowest BCUT2D eigenvalue weighted by Crippen LogP contribution is -2.48. The first-order chi connectivity index (χ1) is 12.4. The standard InChI is InChI=1S/C20H24N4O2/c1-13(25)23-10-14-6-17(12-23)18-7-16(8-20(26)24(18)11-14)15-4-5-19(21-9-15)22(2)3/h4-5,7-9,14,17H,6,10-12H2,1-3H3/t14-,17+/m0/s1. The molecule has 2 atom stereocenters. The molecule has 0 aliphatic carbocycles. The highest BCUT2D eigenvalue weighted by Crippen LogP contribution is 2.36. The van der Waals surface area contributed by atoms with E-state index in [0.29, 0.717) is 19.0 Å². The van der Waals surface area contributed by atoms with E-state index in [0.717, 1.165) is 35.6 Å². The van der Waals surface area contributed by atoms with Gasteiger partial charge in [0.25, 0.3) is 5.56 Å². The molecule has 26 heavy (non-hydrogen) atoms. The number of likely N-dealkylation sites (tertiary alicyclic amines) is 1. The fourth-order valence-corrected chi connectivity index (χ4v) is 4.20. The van der Waals surface area contributed by atoms with Crippen LogP contribution in [0, 0.1) is 5.92 Å². The fraction of sp³-hybridized carbons (Fsp3) is 0.450. The molecule has 0 spiro atoms. The molecule has 0 saturated carbocycles. The lowest BCUT2D eigenvalue weighted by atomic mass is 9.82. The molecule has 0 aromatic carbocycles. The zero-order valence-corrected chi connectivity index (χ0v) is 15.5. The van der Waals surface area contributed by atoms with Gasteiger partial charge >= 0.3 is 0 Å². The topological polar surface area (TPSA) is 58.4 Å². The van der Waals surface area contributed by atoms with Gasteiger partial charge in [-0.1, -0.05) is 0 Å². The zero-order chi connectivity index (χ0) is 18.4. The van der Waals surface area contributed by atoms with Crippen LogP contribution in [-0.2, 0) is 11.3 Å². The molecule has 6 heteroatoms. The zero-order valence-electron chi connectivity index (χ0n) is 15.5. The predicted octanol–water partition coefficient (Wildman–Crippen LogP) is 1.94. The Bertz CT molecular complexity index is 901. The van der Waals surface area contributed by atoms with Crippen molar-refractivity contribution in [1.82, 2.24) is 14.5 Å². The van der Waals surface area contributed by atoms with Gasteiger partial charge in [-0.15, -0.1) is 0 Å². The molecule has 0 radical (unpaired) electrons. The molecular formula is C20H24N4O2. The van der Waals surface area contributed by atoms with Crippen molar-refractivity contribution < 1.29 is 4.79 Å². The van der Waals surface area contributed by atoms with E-state index in [4.69, 9.17) is 0 Å². The average molecular weight is 352 g/mol. The summed E-state index contributed by atoms with van der Waals surface area (Å²) in [5.41, 5.74) is 2.93. The van der Waals surface area contributed by atoms with E-state index in [1.54, 1.807) is 13.0 Å². The molecule has 2 aromatic heterocycles. The van der Waals surface area contributed by atoms with Crippen LogP contribution >= 0.6 is 0 Å². The van der Waals surface area contributed by atoms with E-state index < -0.39 is 0 Å². The highest BCUT2D eigenvalue weighted by Gasteiger charge is 2.35. The molecule has 2 aromatic rings. The fourth-order valence-electron chi connectivity index (χ4n) is 4.20. The van der Waals surface area contributed by atoms with Crippen molar-refractivity contribution in [2.24, 2.45) is 5.92 Å². The number of piperidine rings is 1. The summed E-state index contributed by atoms with van der Waals surface area (Å²) in [5, 5.41) is 0. The first-order valence-corrected chi connectivity index (χ1v) is 9.06. The maximum absolute atomic E-state index is 12.7. The van der Waals surface area contributed by atoms with Crippen molar-refractivity contribution in [2.45, 2.75) is 25.8 Å². The van der Waals surface area contributed by atoms with E-state index in [2.05, 4.69) is 11.1 Å². The third-order valence-corrected chi connectivity index (χ3v) is 5.54. The van der Waals surface area contributed by atoms with Crippen molar-refractivity contribution in [3.05, 3.63) is 46.5 Å². The largest absolute Gasteiger partial charge is 0.363 e. The van der Waals surface area contributed by atoms with Gasteiger partial charge in [0.05, 0.1) is 0 Å². The van der Waals surface area contributed by atoms with E-state index >= 15 is 0 Å². The maximum Gasteiger partial charge on any atom is 0.251 e. The van der Waals surface area contributed by atoms with Crippen molar-refractivity contribution in [2.75, 3.05) is 32.1 Å². The number of fused-ring (bicyclic) bond motifs is 4. The van der Waals surface area contributed by atoms with Gasteiger partial charge in [0.15, 0.2) is 0 Å². The van der Waals surface area contributed by atoms with Gasteiger partial charge in [-0.2, -0.15) is 0 Å². The summed E-state index contributed by atoms with van der Waals surface area (Å²) in [6.45, 7) is 3.79. The van der Waals surface area contributed by atoms with Gasteiger partial charge in [0.1, 0.15) is 5.82 Å². The predicted molar refractivity (Wildman–Crippen MR) is 101 cm³/mol. The van der Waals surface area contributed by atoms with Crippen molar-refractivity contribution in [3.8, 4) is 11.1 Å². The Labute approximate surface area is 153 Å². The average Bonchev–Trinajstić information content (AvgIpc) is 2.62. The number of pyridine rings is 2. The highest BCUT2D eigenvalue weighted by molar-refractivity contribution is 5.73. The molecule has 4 heterocycles. The van der Waals surface area contributed by atoms with Gasteiger partial charge in [-0.05, 0) is 36.1 Å². The number of carbonyl (C=O) groups excluding carboxylic acids is 1. The molecule has 2 aliphatic heterocycles. The van der Waals surface area contributed by atoms with Crippen molar-refractivity contribution in [3.63, 3.8) is 0 Å². The van der Waals surface area contributed by atoms with E-state index in [9.17, 15) is 9.59 Å². The number of nitrogens with zero attached hydrogens (tertiary/aromatic N) is 4. The third-order valence-electron chi connectivity index (χ3n) is 5.54.